The molecule has 0 unspecified atom stereocenters. The second kappa shape index (κ2) is 11.7. The number of hydrogen-bond acceptors (Lipinski definition) is 4. The van der Waals surface area contributed by atoms with Crippen molar-refractivity contribution >= 4 is 50.6 Å². The average Bonchev–Trinajstić information content (AvgIpc) is 2.90. The van der Waals surface area contributed by atoms with Gasteiger partial charge in [0.05, 0.1) is 10.6 Å². The summed E-state index contributed by atoms with van der Waals surface area (Å²) in [4.78, 5) is 26.6. The molecule has 6 nitrogen and oxygen atoms in total. The van der Waals surface area contributed by atoms with E-state index in [0.29, 0.717) is 15.6 Å². The molecule has 1 amide bonds. The third kappa shape index (κ3) is 6.84. The van der Waals surface area contributed by atoms with E-state index in [1.54, 1.807) is 60.7 Å². The monoisotopic (exact) mass is 552 g/mol. The zero-order chi connectivity index (χ0) is 26.4. The van der Waals surface area contributed by atoms with Gasteiger partial charge in [0.2, 0.25) is 15.9 Å². The van der Waals surface area contributed by atoms with E-state index in [9.17, 15) is 18.0 Å². The maximum absolute atomic E-state index is 13.5. The maximum Gasteiger partial charge on any atom is 0.242 e. The van der Waals surface area contributed by atoms with Crippen LogP contribution < -0.4 is 10.0 Å². The number of ketones is 1. The van der Waals surface area contributed by atoms with E-state index in [1.165, 1.54) is 36.4 Å². The van der Waals surface area contributed by atoms with Crippen molar-refractivity contribution in [3.8, 4) is 0 Å². The summed E-state index contributed by atoms with van der Waals surface area (Å²) in [5, 5.41) is 3.43. The molecule has 0 saturated heterocycles. The minimum absolute atomic E-state index is 0.0331. The first-order valence-electron chi connectivity index (χ1n) is 11.2. The fourth-order valence-corrected chi connectivity index (χ4v) is 5.18. The van der Waals surface area contributed by atoms with E-state index in [1.807, 2.05) is 6.07 Å². The lowest BCUT2D eigenvalue weighted by molar-refractivity contribution is -0.117. The molecule has 0 aliphatic carbocycles. The van der Waals surface area contributed by atoms with Crippen LogP contribution in [0.1, 0.15) is 21.5 Å². The van der Waals surface area contributed by atoms with Crippen molar-refractivity contribution in [2.45, 2.75) is 17.4 Å². The second-order valence-corrected chi connectivity index (χ2v) is 10.8. The predicted octanol–water partition coefficient (Wildman–Crippen LogP) is 5.75. The van der Waals surface area contributed by atoms with Gasteiger partial charge in [0.15, 0.2) is 5.78 Å². The number of sulfonamides is 1. The Hall–Kier alpha value is -3.49. The molecule has 0 saturated carbocycles. The predicted molar refractivity (Wildman–Crippen MR) is 146 cm³/mol. The first kappa shape index (κ1) is 26.6. The van der Waals surface area contributed by atoms with Crippen LogP contribution in [0, 0.1) is 0 Å². The number of carbonyl (C=O) groups excluding carboxylic acids is 2. The third-order valence-electron chi connectivity index (χ3n) is 5.54. The third-order valence-corrected chi connectivity index (χ3v) is 7.52. The highest BCUT2D eigenvalue weighted by Crippen LogP contribution is 2.24. The van der Waals surface area contributed by atoms with Crippen LogP contribution in [-0.4, -0.2) is 26.2 Å². The summed E-state index contributed by atoms with van der Waals surface area (Å²) in [5.41, 5.74) is 1.57. The Labute approximate surface area is 225 Å². The summed E-state index contributed by atoms with van der Waals surface area (Å²) in [7, 11) is -4.07. The zero-order valence-corrected chi connectivity index (χ0v) is 21.7. The maximum atomic E-state index is 13.5. The highest BCUT2D eigenvalue weighted by Gasteiger charge is 2.27. The molecule has 0 fully saturated rings. The quantitative estimate of drug-likeness (QED) is 0.258. The Morgan fingerprint density at radius 2 is 1.35 bits per heavy atom. The molecule has 4 rings (SSSR count). The molecule has 0 bridgehead atoms. The van der Waals surface area contributed by atoms with Crippen LogP contribution in [0.2, 0.25) is 10.0 Å². The number of hydrogen-bond donors (Lipinski definition) is 2. The Morgan fingerprint density at radius 1 is 0.757 bits per heavy atom. The number of nitrogens with one attached hydrogen (secondary N) is 2. The van der Waals surface area contributed by atoms with Gasteiger partial charge in [-0.1, -0.05) is 83.9 Å². The van der Waals surface area contributed by atoms with E-state index in [0.717, 1.165) is 5.56 Å². The molecule has 0 aliphatic heterocycles. The topological polar surface area (TPSA) is 92.3 Å². The Kier molecular flexibility index (Phi) is 8.41. The van der Waals surface area contributed by atoms with Gasteiger partial charge in [-0.05, 0) is 54.4 Å². The molecule has 188 valence electrons. The molecular weight excluding hydrogens is 531 g/mol. The second-order valence-electron chi connectivity index (χ2n) is 8.19. The minimum Gasteiger partial charge on any atom is -0.324 e. The summed E-state index contributed by atoms with van der Waals surface area (Å²) in [5.74, 6) is -0.967. The molecule has 0 aliphatic rings. The summed E-state index contributed by atoms with van der Waals surface area (Å²) in [6, 6.07) is 26.6. The van der Waals surface area contributed by atoms with E-state index < -0.39 is 22.0 Å². The van der Waals surface area contributed by atoms with Crippen LogP contribution in [-0.2, 0) is 21.2 Å². The molecular formula is C28H22Cl2N2O4S. The fraction of sp³-hybridized carbons (Fsp3) is 0.0714. The highest BCUT2D eigenvalue weighted by atomic mass is 35.5. The largest absolute Gasteiger partial charge is 0.324 e. The lowest BCUT2D eigenvalue weighted by Crippen LogP contribution is -2.45. The van der Waals surface area contributed by atoms with Crippen molar-refractivity contribution < 1.29 is 18.0 Å². The summed E-state index contributed by atoms with van der Waals surface area (Å²) in [6.45, 7) is 0. The van der Waals surface area contributed by atoms with Gasteiger partial charge in [0, 0.05) is 21.2 Å². The molecule has 4 aromatic rings. The summed E-state index contributed by atoms with van der Waals surface area (Å²) in [6.07, 6.45) is 0.0784. The molecule has 0 aromatic heterocycles. The van der Waals surface area contributed by atoms with Crippen LogP contribution in [0.3, 0.4) is 0 Å². The number of amides is 1. The number of rotatable bonds is 9. The average molecular weight is 553 g/mol. The zero-order valence-electron chi connectivity index (χ0n) is 19.4. The lowest BCUT2D eigenvalue weighted by Gasteiger charge is -2.20. The van der Waals surface area contributed by atoms with E-state index in [4.69, 9.17) is 23.2 Å². The first-order chi connectivity index (χ1) is 17.7. The summed E-state index contributed by atoms with van der Waals surface area (Å²) >= 11 is 12.0. The van der Waals surface area contributed by atoms with Crippen molar-refractivity contribution in [1.29, 1.82) is 0 Å². The Bertz CT molecular complexity index is 1510. The number of benzene rings is 4. The van der Waals surface area contributed by atoms with Crippen molar-refractivity contribution in [3.63, 3.8) is 0 Å². The first-order valence-corrected chi connectivity index (χ1v) is 13.5. The van der Waals surface area contributed by atoms with Crippen molar-refractivity contribution in [1.82, 2.24) is 4.72 Å². The van der Waals surface area contributed by atoms with E-state index in [2.05, 4.69) is 10.0 Å². The SMILES string of the molecule is O=C(c1ccccc1)c1cc(Cl)ccc1NC(=O)[C@H](Cc1ccccc1)NS(=O)(=O)c1ccc(Cl)cc1. The molecule has 0 radical (unpaired) electrons. The van der Waals surface area contributed by atoms with Gasteiger partial charge in [0.1, 0.15) is 6.04 Å². The van der Waals surface area contributed by atoms with Gasteiger partial charge >= 0.3 is 0 Å². The van der Waals surface area contributed by atoms with Gasteiger partial charge < -0.3 is 5.32 Å². The number of halogens is 2. The van der Waals surface area contributed by atoms with Crippen LogP contribution in [0.15, 0.2) is 108 Å². The van der Waals surface area contributed by atoms with Crippen LogP contribution in [0.4, 0.5) is 5.69 Å². The van der Waals surface area contributed by atoms with Crippen molar-refractivity contribution in [2.24, 2.45) is 0 Å². The standard InChI is InChI=1S/C28H22Cl2N2O4S/c29-21-11-14-23(15-12-21)37(35,36)32-26(17-19-7-3-1-4-8-19)28(34)31-25-16-13-22(30)18-24(25)27(33)20-9-5-2-6-10-20/h1-16,18,26,32H,17H2,(H,31,34)/t26-/m0/s1. The smallest absolute Gasteiger partial charge is 0.242 e. The molecule has 37 heavy (non-hydrogen) atoms. The fourth-order valence-electron chi connectivity index (χ4n) is 3.68. The van der Waals surface area contributed by atoms with Gasteiger partial charge in [0.25, 0.3) is 0 Å². The number of anilines is 1. The molecule has 0 spiro atoms. The molecule has 1 atom stereocenters. The normalized spacial score (nSPS) is 12.1. The molecule has 2 N–H and O–H groups in total. The van der Waals surface area contributed by atoms with Crippen LogP contribution >= 0.6 is 23.2 Å². The van der Waals surface area contributed by atoms with Gasteiger partial charge in [-0.3, -0.25) is 9.59 Å². The van der Waals surface area contributed by atoms with Gasteiger partial charge in [-0.15, -0.1) is 0 Å². The van der Waals surface area contributed by atoms with E-state index >= 15 is 0 Å². The lowest BCUT2D eigenvalue weighted by atomic mass is 10.0. The van der Waals surface area contributed by atoms with Crippen molar-refractivity contribution in [3.05, 3.63) is 130 Å². The molecule has 9 heteroatoms. The van der Waals surface area contributed by atoms with E-state index in [-0.39, 0.29) is 28.4 Å². The Balaban J connectivity index is 1.65. The summed E-state index contributed by atoms with van der Waals surface area (Å²) < 4.78 is 28.7. The molecule has 4 aromatic carbocycles. The Morgan fingerprint density at radius 3 is 2.00 bits per heavy atom. The van der Waals surface area contributed by atoms with Gasteiger partial charge in [-0.2, -0.15) is 4.72 Å². The molecule has 0 heterocycles. The van der Waals surface area contributed by atoms with Crippen molar-refractivity contribution in [2.75, 3.05) is 5.32 Å². The van der Waals surface area contributed by atoms with Gasteiger partial charge in [-0.25, -0.2) is 8.42 Å². The van der Waals surface area contributed by atoms with Crippen LogP contribution in [0.25, 0.3) is 0 Å². The minimum atomic E-state index is -4.07. The highest BCUT2D eigenvalue weighted by molar-refractivity contribution is 7.89. The number of carbonyl (C=O) groups is 2. The van der Waals surface area contributed by atoms with Crippen LogP contribution in [0.5, 0.6) is 0 Å².